The summed E-state index contributed by atoms with van der Waals surface area (Å²) in [5.74, 6) is 4.17. The van der Waals surface area contributed by atoms with Crippen LogP contribution in [0, 0.1) is 0 Å². The van der Waals surface area contributed by atoms with Crippen LogP contribution in [0.15, 0.2) is 181 Å². The third kappa shape index (κ3) is 18.5. The van der Waals surface area contributed by atoms with Crippen LogP contribution < -0.4 is 70.5 Å². The molecule has 3 N–H and O–H groups in total. The van der Waals surface area contributed by atoms with E-state index in [2.05, 4.69) is 64.5 Å². The summed E-state index contributed by atoms with van der Waals surface area (Å²) in [6.07, 6.45) is 7.29. The van der Waals surface area contributed by atoms with Gasteiger partial charge in [0.25, 0.3) is 27.8 Å². The van der Waals surface area contributed by atoms with Gasteiger partial charge in [0.1, 0.15) is 58.7 Å². The van der Waals surface area contributed by atoms with Crippen LogP contribution in [0.25, 0.3) is 86.3 Å². The summed E-state index contributed by atoms with van der Waals surface area (Å²) in [4.78, 5) is 110. The highest BCUT2D eigenvalue weighted by molar-refractivity contribution is 8.18. The van der Waals surface area contributed by atoms with Crippen LogP contribution >= 0.6 is 34.4 Å². The minimum Gasteiger partial charge on any atom is -0.493 e. The van der Waals surface area contributed by atoms with E-state index in [0.29, 0.717) is 136 Å². The van der Waals surface area contributed by atoms with Gasteiger partial charge in [-0.3, -0.25) is 61.3 Å². The molecule has 0 saturated carbocycles. The van der Waals surface area contributed by atoms with Crippen molar-refractivity contribution in [2.45, 2.75) is 106 Å². The minimum atomic E-state index is -0.171. The molecule has 15 rings (SSSR count). The normalized spacial score (nSPS) is 12.9. The van der Waals surface area contributed by atoms with Gasteiger partial charge in [0.2, 0.25) is 5.12 Å². The van der Waals surface area contributed by atoms with Crippen molar-refractivity contribution < 1.29 is 28.5 Å². The Morgan fingerprint density at radius 2 is 1.03 bits per heavy atom. The van der Waals surface area contributed by atoms with Gasteiger partial charge in [-0.15, -0.1) is 22.7 Å². The summed E-state index contributed by atoms with van der Waals surface area (Å²) in [6.45, 7) is 19.7. The molecule has 0 bridgehead atoms. The molecule has 0 radical (unpaired) electrons. The Bertz CT molecular complexity index is 6670. The summed E-state index contributed by atoms with van der Waals surface area (Å²) in [7, 11) is 8.51. The number of benzene rings is 6. The van der Waals surface area contributed by atoms with E-state index in [1.807, 2.05) is 166 Å². The Morgan fingerprint density at radius 1 is 0.534 bits per heavy atom. The summed E-state index contributed by atoms with van der Waals surface area (Å²) in [6, 6.07) is 48.0. The lowest BCUT2D eigenvalue weighted by molar-refractivity contribution is -0.119. The smallest absolute Gasteiger partial charge is 0.280 e. The second-order valence-electron chi connectivity index (χ2n) is 28.2. The van der Waals surface area contributed by atoms with E-state index in [1.54, 1.807) is 69.2 Å². The molecule has 0 aliphatic carbocycles. The van der Waals surface area contributed by atoms with Crippen molar-refractivity contribution in [1.29, 1.82) is 0 Å². The summed E-state index contributed by atoms with van der Waals surface area (Å²) in [5, 5.41) is 17.0. The van der Waals surface area contributed by atoms with E-state index in [-0.39, 0.29) is 51.7 Å². The number of ether oxygens (including phenoxy) is 4. The number of thioether (sulfide) groups is 1. The van der Waals surface area contributed by atoms with E-state index in [4.69, 9.17) is 33.9 Å². The zero-order valence-electron chi connectivity index (χ0n) is 67.4. The second kappa shape index (κ2) is 37.4. The SMILES string of the molecule is C=c1[nH]c(=O)/c(=C(/C)c2ccc(OCCn3c(Cc4ccccc4)nc4c(CCC)nn(C)c4c3=O)cc2)s1.C=c1[nH]c(=O)/c(=C\c2ccc(OCCn3c(-c4ccccc4)nc4c(CCC)nn(C)c4c3=O)cc2)s1.CCCc1nn(C)c2c(=O)n(CCNc3ccc(/C(C)=C4\SC(=O)CC4=O)cc3)c(-c3ccc(OC)c(OC)c3)nc12. The number of aromatic nitrogens is 14. The Hall–Kier alpha value is -12.9. The number of hydrogen-bond donors (Lipinski definition) is 3. The number of H-pyrrole nitrogens is 2. The summed E-state index contributed by atoms with van der Waals surface area (Å²) >= 11 is 3.69. The maximum atomic E-state index is 13.9. The zero-order chi connectivity index (χ0) is 83.4. The number of rotatable bonds is 27. The molecular weight excluding hydrogens is 1550 g/mol. The number of hydrogen-bond acceptors (Lipinski definition) is 21. The third-order valence-corrected chi connectivity index (χ3v) is 22.9. The van der Waals surface area contributed by atoms with Crippen molar-refractivity contribution in [3.63, 3.8) is 0 Å². The fourth-order valence-electron chi connectivity index (χ4n) is 14.1. The van der Waals surface area contributed by atoms with Crippen molar-refractivity contribution in [2.24, 2.45) is 21.1 Å². The number of thiazole rings is 2. The van der Waals surface area contributed by atoms with Gasteiger partial charge in [0.05, 0.1) is 74.1 Å². The molecule has 8 aromatic heterocycles. The number of nitrogens with zero attached hydrogens (tertiary/aromatic N) is 12. The van der Waals surface area contributed by atoms with E-state index in [1.165, 1.54) is 22.7 Å². The maximum Gasteiger partial charge on any atom is 0.280 e. The predicted octanol–water partition coefficient (Wildman–Crippen LogP) is 10.8. The molecule has 1 aliphatic rings. The molecule has 0 atom stereocenters. The van der Waals surface area contributed by atoms with Crippen molar-refractivity contribution in [3.8, 4) is 45.8 Å². The first-order valence-electron chi connectivity index (χ1n) is 38.8. The van der Waals surface area contributed by atoms with Crippen molar-refractivity contribution in [2.75, 3.05) is 39.3 Å². The van der Waals surface area contributed by atoms with Crippen LogP contribution in [0.2, 0.25) is 0 Å². The molecule has 0 unspecified atom stereocenters. The van der Waals surface area contributed by atoms with Gasteiger partial charge in [-0.1, -0.05) is 150 Å². The lowest BCUT2D eigenvalue weighted by Gasteiger charge is -2.16. The van der Waals surface area contributed by atoms with Gasteiger partial charge in [0.15, 0.2) is 33.8 Å². The van der Waals surface area contributed by atoms with Gasteiger partial charge in [-0.05, 0) is 139 Å². The van der Waals surface area contributed by atoms with E-state index < -0.39 is 0 Å². The number of carbonyl (C=O) groups is 2. The van der Waals surface area contributed by atoms with Gasteiger partial charge >= 0.3 is 0 Å². The first kappa shape index (κ1) is 83.1. The van der Waals surface area contributed by atoms with Crippen LogP contribution in [-0.2, 0) is 76.0 Å². The number of Topliss-reactive ketones (excluding diaryl/α,β-unsaturated/α-hetero) is 1. The molecule has 0 amide bonds. The number of nitrogens with one attached hydrogen (secondary N) is 3. The van der Waals surface area contributed by atoms with E-state index >= 15 is 0 Å². The average molecular weight is 1640 g/mol. The van der Waals surface area contributed by atoms with E-state index in [9.17, 15) is 33.6 Å². The van der Waals surface area contributed by atoms with Crippen LogP contribution in [-0.4, -0.2) is 113 Å². The molecule has 29 heteroatoms. The number of anilines is 1. The highest BCUT2D eigenvalue weighted by Crippen LogP contribution is 2.37. The lowest BCUT2D eigenvalue weighted by atomic mass is 10.0. The van der Waals surface area contributed by atoms with E-state index in [0.717, 1.165) is 118 Å². The fourth-order valence-corrected chi connectivity index (χ4v) is 16.6. The Kier molecular flexibility index (Phi) is 26.3. The number of fused-ring (bicyclic) bond motifs is 3. The molecule has 1 fully saturated rings. The molecule has 1 saturated heterocycles. The van der Waals surface area contributed by atoms with Crippen LogP contribution in [0.1, 0.15) is 105 Å². The Balaban J connectivity index is 0.000000154. The first-order chi connectivity index (χ1) is 57.0. The standard InChI is InChI=1S/C31H33N5O5S.C30H31N5O3S.C28H27N5O3S/c1-6-7-22-27-28(35(3)34-22)31(39)36(30(33-27)20-10-13-24(40-4)25(16-20)41-5)15-14-32-21-11-8-19(9-12-21)18(2)29-23(37)17-26(38)42-29;1-5-9-24-26-27(34(4)33-24)30(37)35(25(32-26)18-21-10-7-6-8-11-21)16-17-38-23-14-12-22(13-15-23)19(2)28-29(36)31-20(3)39-28;1-4-8-22-24-25(32(3)31-22)28(35)33(26(30-24)20-9-6-5-7-10-20)15-16-36-21-13-11-19(12-14-21)17-23-27(34)29-18(2)37-23/h8-13,16,32H,6-7,14-15,17H2,1-5H3;6-8,10-15H,3,5,9,16-18H2,1-2,4H3,(H,31,36);5-7,9-14,17H,2,4,8,15-16H2,1,3H3,(H,29,34)/b29-18-;28-19+;23-17+. The van der Waals surface area contributed by atoms with Gasteiger partial charge in [-0.25, -0.2) is 15.0 Å². The van der Waals surface area contributed by atoms with Crippen LogP contribution in [0.5, 0.6) is 23.0 Å². The summed E-state index contributed by atoms with van der Waals surface area (Å²) < 4.78 is 35.4. The molecule has 9 heterocycles. The van der Waals surface area contributed by atoms with Gasteiger partial charge in [0, 0.05) is 57.5 Å². The summed E-state index contributed by atoms with van der Waals surface area (Å²) in [5.41, 5.74) is 13.1. The zero-order valence-corrected chi connectivity index (χ0v) is 69.9. The van der Waals surface area contributed by atoms with Crippen LogP contribution in [0.4, 0.5) is 5.69 Å². The Morgan fingerprint density at radius 3 is 1.54 bits per heavy atom. The van der Waals surface area contributed by atoms with Crippen molar-refractivity contribution in [3.05, 3.63) is 272 Å². The van der Waals surface area contributed by atoms with Crippen molar-refractivity contribution in [1.82, 2.24) is 68.0 Å². The number of allylic oxidation sites excluding steroid dienone is 2. The number of ketones is 1. The molecule has 26 nitrogen and oxygen atoms in total. The quantitative estimate of drug-likeness (QED) is 0.0318. The van der Waals surface area contributed by atoms with Gasteiger partial charge in [-0.2, -0.15) is 15.3 Å². The monoisotopic (exact) mass is 1640 g/mol. The molecule has 6 aromatic carbocycles. The average Bonchev–Trinajstić information content (AvgIpc) is 1.56. The molecule has 1 aliphatic heterocycles. The second-order valence-corrected chi connectivity index (χ2v) is 31.5. The largest absolute Gasteiger partial charge is 0.493 e. The molecule has 118 heavy (non-hydrogen) atoms. The fraction of sp³-hybridized carbons (Fsp3) is 0.270. The molecule has 14 aromatic rings. The lowest BCUT2D eigenvalue weighted by Crippen LogP contribution is -2.29. The van der Waals surface area contributed by atoms with Crippen LogP contribution in [0.3, 0.4) is 0 Å². The topological polar surface area (TPSA) is 307 Å². The third-order valence-electron chi connectivity index (χ3n) is 19.9. The van der Waals surface area contributed by atoms with Gasteiger partial charge < -0.3 is 34.2 Å². The van der Waals surface area contributed by atoms with Crippen molar-refractivity contribution >= 4 is 115 Å². The number of aromatic amines is 2. The minimum absolute atomic E-state index is 0.0406. The molecule has 606 valence electrons. The predicted molar refractivity (Wildman–Crippen MR) is 468 cm³/mol. The number of carbonyl (C=O) groups excluding carboxylic acids is 2. The number of aryl methyl sites for hydroxylation is 6. The first-order valence-corrected chi connectivity index (χ1v) is 41.2. The highest BCUT2D eigenvalue weighted by Gasteiger charge is 2.29. The highest BCUT2D eigenvalue weighted by atomic mass is 32.2. The number of methoxy groups -OCH3 is 2. The molecular formula is C89H91N15O11S3. The Labute approximate surface area is 690 Å². The maximum absolute atomic E-state index is 13.9. The molecule has 0 spiro atoms.